The number of carboxylic acid groups (broad SMARTS) is 1. The molecule has 236 valence electrons. The number of alkyl halides is 3. The fraction of sp³-hybridized carbons (Fsp3) is 0.562. The zero-order chi connectivity index (χ0) is 31.4. The maximum Gasteiger partial charge on any atom is 0.398 e. The molecule has 0 aromatic heterocycles. The Labute approximate surface area is 258 Å². The second-order valence-corrected chi connectivity index (χ2v) is 13.4. The van der Waals surface area contributed by atoms with Crippen LogP contribution in [0.25, 0.3) is 0 Å². The molecule has 1 saturated carbocycles. The predicted octanol–water partition coefficient (Wildman–Crippen LogP) is 5.80. The highest BCUT2D eigenvalue weighted by atomic mass is 35.5. The number of hydrogen-bond acceptors (Lipinski definition) is 5. The van der Waals surface area contributed by atoms with Gasteiger partial charge >= 0.3 is 12.1 Å². The molecule has 0 bridgehead atoms. The molecule has 8 nitrogen and oxygen atoms in total. The number of hydrogen-bond donors (Lipinski definition) is 3. The number of likely N-dealkylation sites (tertiary alicyclic amines) is 1. The first-order chi connectivity index (χ1) is 20.8. The average Bonchev–Trinajstić information content (AvgIpc) is 3.67. The van der Waals surface area contributed by atoms with Gasteiger partial charge in [0.1, 0.15) is 0 Å². The molecule has 3 fully saturated rings. The quantitative estimate of drug-likeness (QED) is 0.328. The maximum atomic E-state index is 14.1. The minimum atomic E-state index is -4.55. The Balaban J connectivity index is 1.30. The van der Waals surface area contributed by atoms with Crippen LogP contribution in [0, 0.1) is 22.7 Å². The third-order valence-corrected chi connectivity index (χ3v) is 10.5. The normalized spacial score (nSPS) is 25.7. The van der Waals surface area contributed by atoms with E-state index >= 15 is 0 Å². The van der Waals surface area contributed by atoms with Crippen LogP contribution in [-0.4, -0.2) is 66.0 Å². The van der Waals surface area contributed by atoms with Crippen molar-refractivity contribution in [1.29, 1.82) is 5.41 Å². The number of amides is 2. The van der Waals surface area contributed by atoms with Crippen LogP contribution in [0.2, 0.25) is 5.02 Å². The van der Waals surface area contributed by atoms with Crippen LogP contribution >= 0.6 is 11.6 Å². The largest absolute Gasteiger partial charge is 0.481 e. The van der Waals surface area contributed by atoms with Crippen molar-refractivity contribution < 1.29 is 37.4 Å². The number of nitrogens with one attached hydrogen (secondary N) is 2. The Kier molecular flexibility index (Phi) is 7.93. The smallest absolute Gasteiger partial charge is 0.398 e. The Bertz CT molecular complexity index is 1480. The van der Waals surface area contributed by atoms with Crippen molar-refractivity contribution in [1.82, 2.24) is 10.2 Å². The summed E-state index contributed by atoms with van der Waals surface area (Å²) in [4.78, 5) is 40.8. The molecule has 2 aliphatic heterocycles. The van der Waals surface area contributed by atoms with Gasteiger partial charge in [-0.2, -0.15) is 13.2 Å². The van der Waals surface area contributed by atoms with E-state index in [4.69, 9.17) is 21.7 Å². The molecular weight excluding hydrogens is 599 g/mol. The number of rotatable bonds is 7. The summed E-state index contributed by atoms with van der Waals surface area (Å²) < 4.78 is 47.8. The van der Waals surface area contributed by atoms with Gasteiger partial charge in [-0.3, -0.25) is 14.4 Å². The Hall–Kier alpha value is -3.18. The van der Waals surface area contributed by atoms with Crippen molar-refractivity contribution in [3.63, 3.8) is 0 Å². The fourth-order valence-corrected chi connectivity index (χ4v) is 7.49. The summed E-state index contributed by atoms with van der Waals surface area (Å²) >= 11 is 6.38. The van der Waals surface area contributed by atoms with Crippen LogP contribution in [0.15, 0.2) is 41.1 Å². The van der Waals surface area contributed by atoms with Gasteiger partial charge in [-0.15, -0.1) is 0 Å². The molecule has 12 heteroatoms. The van der Waals surface area contributed by atoms with Gasteiger partial charge in [0, 0.05) is 30.1 Å². The lowest BCUT2D eigenvalue weighted by molar-refractivity contribution is -0.160. The maximum absolute atomic E-state index is 14.1. The van der Waals surface area contributed by atoms with Crippen molar-refractivity contribution in [2.24, 2.45) is 17.3 Å². The zero-order valence-electron chi connectivity index (χ0n) is 24.2. The van der Waals surface area contributed by atoms with E-state index in [0.717, 1.165) is 6.42 Å². The van der Waals surface area contributed by atoms with Crippen LogP contribution in [0.5, 0.6) is 0 Å². The molecule has 2 amide bonds. The monoisotopic (exact) mass is 633 g/mol. The number of aliphatic carboxylic acids is 1. The number of carboxylic acids is 1. The number of halogens is 4. The first-order valence-electron chi connectivity index (χ1n) is 15.1. The molecule has 44 heavy (non-hydrogen) atoms. The first kappa shape index (κ1) is 30.8. The third-order valence-electron chi connectivity index (χ3n) is 10.2. The van der Waals surface area contributed by atoms with Crippen LogP contribution in [0.1, 0.15) is 73.7 Å². The summed E-state index contributed by atoms with van der Waals surface area (Å²) in [5.41, 5.74) is -0.886. The van der Waals surface area contributed by atoms with E-state index in [2.05, 4.69) is 5.32 Å². The highest BCUT2D eigenvalue weighted by Crippen LogP contribution is 2.60. The van der Waals surface area contributed by atoms with E-state index in [-0.39, 0.29) is 58.9 Å². The van der Waals surface area contributed by atoms with Crippen LogP contribution in [0.4, 0.5) is 13.2 Å². The molecule has 2 unspecified atom stereocenters. The zero-order valence-corrected chi connectivity index (χ0v) is 25.0. The topological polar surface area (TPSA) is 120 Å². The molecule has 5 aliphatic rings. The minimum Gasteiger partial charge on any atom is -0.481 e. The van der Waals surface area contributed by atoms with Gasteiger partial charge in [-0.05, 0) is 80.6 Å². The third kappa shape index (κ3) is 5.46. The number of benzene rings is 1. The molecular formula is C32H35ClF3N3O5. The van der Waals surface area contributed by atoms with Gasteiger partial charge in [-0.1, -0.05) is 29.8 Å². The second-order valence-electron chi connectivity index (χ2n) is 13.0. The van der Waals surface area contributed by atoms with Crippen LogP contribution in [-0.2, 0) is 19.7 Å². The summed E-state index contributed by atoms with van der Waals surface area (Å²) in [5, 5.41) is 21.1. The Morgan fingerprint density at radius 3 is 2.39 bits per heavy atom. The summed E-state index contributed by atoms with van der Waals surface area (Å²) in [6, 6.07) is 4.09. The van der Waals surface area contributed by atoms with E-state index in [1.54, 1.807) is 6.08 Å². The predicted molar refractivity (Wildman–Crippen MR) is 155 cm³/mol. The number of allylic oxidation sites excluding steroid dienone is 4. The van der Waals surface area contributed by atoms with Crippen molar-refractivity contribution in [2.45, 2.75) is 69.4 Å². The summed E-state index contributed by atoms with van der Waals surface area (Å²) in [5.74, 6) is -2.73. The lowest BCUT2D eigenvalue weighted by Gasteiger charge is -2.38. The molecule has 1 aromatic rings. The molecule has 6 rings (SSSR count). The van der Waals surface area contributed by atoms with Gasteiger partial charge in [-0.25, -0.2) is 0 Å². The summed E-state index contributed by atoms with van der Waals surface area (Å²) in [7, 11) is 0. The summed E-state index contributed by atoms with van der Waals surface area (Å²) in [6.45, 7) is 2.48. The van der Waals surface area contributed by atoms with Crippen molar-refractivity contribution >= 4 is 35.1 Å². The molecule has 1 spiro atoms. The standard InChI is InChI=1S/C32H35ClF3N3O5/c33-23-3-1-2-22(31(10-11-31)32(34,35)36)25(23)27(40)38-24-14-20(28(41)39-13-12-30(15-39)16-44-17-30)8-9-21(24)26(37)18-4-6-19(7-5-18)29(42)43/h1-4,19-20,37H,5-17H2,(H,38,40)(H,42,43). The number of carbonyl (C=O) groups excluding carboxylic acids is 2. The highest BCUT2D eigenvalue weighted by molar-refractivity contribution is 6.34. The van der Waals surface area contributed by atoms with Crippen molar-refractivity contribution in [3.8, 4) is 0 Å². The molecule has 2 heterocycles. The molecule has 3 aliphatic carbocycles. The van der Waals surface area contributed by atoms with E-state index in [1.807, 2.05) is 4.90 Å². The highest BCUT2D eigenvalue weighted by Gasteiger charge is 2.65. The second kappa shape index (κ2) is 11.3. The van der Waals surface area contributed by atoms with Gasteiger partial charge in [0.25, 0.3) is 5.91 Å². The van der Waals surface area contributed by atoms with E-state index < -0.39 is 35.3 Å². The fourth-order valence-electron chi connectivity index (χ4n) is 7.23. The summed E-state index contributed by atoms with van der Waals surface area (Å²) in [6.07, 6.45) is -0.297. The molecule has 1 aromatic carbocycles. The molecule has 3 N–H and O–H groups in total. The lowest BCUT2D eigenvalue weighted by Crippen LogP contribution is -2.46. The first-order valence-corrected chi connectivity index (χ1v) is 15.5. The number of carbonyl (C=O) groups is 3. The van der Waals surface area contributed by atoms with E-state index in [1.165, 1.54) is 18.2 Å². The molecule has 2 atom stereocenters. The van der Waals surface area contributed by atoms with Crippen molar-refractivity contribution in [2.75, 3.05) is 26.3 Å². The van der Waals surface area contributed by atoms with Gasteiger partial charge in [0.05, 0.1) is 40.8 Å². The average molecular weight is 634 g/mol. The number of nitrogens with zero attached hydrogens (tertiary/aromatic N) is 1. The molecule has 2 saturated heterocycles. The SMILES string of the molecule is N=C(C1=CCC(C(=O)O)CC1)C1=C(NC(=O)c2c(Cl)cccc2C2(C(F)(F)F)CC2)CC(C(=O)N2CCC3(COC3)C2)CC1. The molecule has 0 radical (unpaired) electrons. The number of ether oxygens (including phenoxy) is 1. The van der Waals surface area contributed by atoms with Crippen LogP contribution < -0.4 is 5.32 Å². The Morgan fingerprint density at radius 2 is 1.82 bits per heavy atom. The van der Waals surface area contributed by atoms with E-state index in [9.17, 15) is 32.7 Å². The van der Waals surface area contributed by atoms with Gasteiger partial charge in [0.2, 0.25) is 5.91 Å². The van der Waals surface area contributed by atoms with Crippen molar-refractivity contribution in [3.05, 3.63) is 57.3 Å². The Morgan fingerprint density at radius 1 is 1.09 bits per heavy atom. The van der Waals surface area contributed by atoms with Gasteiger partial charge < -0.3 is 25.5 Å². The lowest BCUT2D eigenvalue weighted by atomic mass is 9.79. The van der Waals surface area contributed by atoms with Crippen LogP contribution in [0.3, 0.4) is 0 Å². The minimum absolute atomic E-state index is 0.00345. The van der Waals surface area contributed by atoms with E-state index in [0.29, 0.717) is 68.8 Å². The van der Waals surface area contributed by atoms with Gasteiger partial charge in [0.15, 0.2) is 0 Å².